The standard InChI is InChI=1S/C11H12N2O4.3C4H9.Sn/c14-9(12-7-10(15)16)6-13-11(17)8-4-2-1-3-5-8;3*1-3-4-2;/h1-5H,6-7H2,(H,12,14)(H,13,17)(H,15,16);3*1,3-4H2,2H3;/q;;;;+1/p-1. The molecule has 2 amide bonds. The van der Waals surface area contributed by atoms with Crippen molar-refractivity contribution in [2.45, 2.75) is 72.6 Å². The van der Waals surface area contributed by atoms with Gasteiger partial charge in [0.05, 0.1) is 0 Å². The molecule has 1 rings (SSSR count). The van der Waals surface area contributed by atoms with E-state index in [1.165, 1.54) is 0 Å². The van der Waals surface area contributed by atoms with Crippen LogP contribution in [0, 0.1) is 0 Å². The van der Waals surface area contributed by atoms with Crippen LogP contribution in [0.15, 0.2) is 30.3 Å². The van der Waals surface area contributed by atoms with Gasteiger partial charge in [0.1, 0.15) is 0 Å². The number of carbonyl (C=O) groups excluding carboxylic acids is 3. The van der Waals surface area contributed by atoms with Crippen molar-refractivity contribution >= 4 is 36.6 Å². The molecule has 168 valence electrons. The van der Waals surface area contributed by atoms with E-state index in [-0.39, 0.29) is 25.0 Å². The predicted molar refractivity (Wildman–Crippen MR) is 123 cm³/mol. The van der Waals surface area contributed by atoms with Gasteiger partial charge in [-0.2, -0.15) is 0 Å². The quantitative estimate of drug-likeness (QED) is 0.332. The first-order valence-electron chi connectivity index (χ1n) is 11.3. The van der Waals surface area contributed by atoms with E-state index in [1.807, 2.05) is 6.07 Å². The van der Waals surface area contributed by atoms with Gasteiger partial charge in [-0.1, -0.05) is 0 Å². The van der Waals surface area contributed by atoms with Crippen LogP contribution < -0.4 is 10.6 Å². The van der Waals surface area contributed by atoms with Crippen molar-refractivity contribution < 1.29 is 17.5 Å². The molecular formula is C23H38N2O4Sn. The number of carbonyl (C=O) groups is 3. The van der Waals surface area contributed by atoms with Crippen molar-refractivity contribution in [1.29, 1.82) is 0 Å². The van der Waals surface area contributed by atoms with E-state index in [4.69, 9.17) is 3.07 Å². The van der Waals surface area contributed by atoms with Gasteiger partial charge < -0.3 is 0 Å². The molecule has 1 aromatic rings. The number of hydrogen-bond acceptors (Lipinski definition) is 4. The molecule has 0 heterocycles. The van der Waals surface area contributed by atoms with Crippen LogP contribution in [0.4, 0.5) is 0 Å². The Morgan fingerprint density at radius 3 is 1.83 bits per heavy atom. The van der Waals surface area contributed by atoms with Gasteiger partial charge in [0.2, 0.25) is 0 Å². The number of rotatable bonds is 15. The second-order valence-electron chi connectivity index (χ2n) is 7.79. The summed E-state index contributed by atoms with van der Waals surface area (Å²) >= 11 is -3.02. The summed E-state index contributed by atoms with van der Waals surface area (Å²) in [7, 11) is 0. The monoisotopic (exact) mass is 526 g/mol. The van der Waals surface area contributed by atoms with Gasteiger partial charge in [0.15, 0.2) is 0 Å². The number of nitrogens with one attached hydrogen (secondary N) is 2. The van der Waals surface area contributed by atoms with Gasteiger partial charge in [-0.3, -0.25) is 0 Å². The predicted octanol–water partition coefficient (Wildman–Crippen LogP) is 4.42. The van der Waals surface area contributed by atoms with Crippen molar-refractivity contribution in [3.8, 4) is 0 Å². The Morgan fingerprint density at radius 2 is 1.33 bits per heavy atom. The van der Waals surface area contributed by atoms with Gasteiger partial charge >= 0.3 is 186 Å². The molecule has 6 nitrogen and oxygen atoms in total. The summed E-state index contributed by atoms with van der Waals surface area (Å²) in [6, 6.07) is 8.71. The van der Waals surface area contributed by atoms with Crippen molar-refractivity contribution in [1.82, 2.24) is 10.6 Å². The second-order valence-corrected chi connectivity index (χ2v) is 19.4. The molecule has 7 heteroatoms. The van der Waals surface area contributed by atoms with E-state index in [9.17, 15) is 14.4 Å². The van der Waals surface area contributed by atoms with E-state index in [1.54, 1.807) is 24.3 Å². The molecule has 0 unspecified atom stereocenters. The Balaban J connectivity index is 2.54. The van der Waals surface area contributed by atoms with Crippen LogP contribution >= 0.6 is 0 Å². The van der Waals surface area contributed by atoms with Crippen LogP contribution in [0.2, 0.25) is 13.3 Å². The second kappa shape index (κ2) is 15.3. The Hall–Kier alpha value is -1.57. The van der Waals surface area contributed by atoms with Crippen LogP contribution in [0.3, 0.4) is 0 Å². The summed E-state index contributed by atoms with van der Waals surface area (Å²) < 4.78 is 9.36. The molecule has 0 aliphatic carbocycles. The Bertz CT molecular complexity index is 630. The van der Waals surface area contributed by atoms with Crippen LogP contribution in [-0.2, 0) is 12.7 Å². The maximum absolute atomic E-state index is 12.5. The van der Waals surface area contributed by atoms with Gasteiger partial charge in [0, 0.05) is 0 Å². The average molecular weight is 525 g/mol. The minimum absolute atomic E-state index is 0.136. The fraction of sp³-hybridized carbons (Fsp3) is 0.609. The molecule has 0 radical (unpaired) electrons. The van der Waals surface area contributed by atoms with E-state index >= 15 is 0 Å². The molecule has 0 saturated heterocycles. The van der Waals surface area contributed by atoms with Crippen LogP contribution in [-0.4, -0.2) is 49.7 Å². The van der Waals surface area contributed by atoms with E-state index in [0.717, 1.165) is 51.8 Å². The molecule has 0 atom stereocenters. The van der Waals surface area contributed by atoms with Gasteiger partial charge in [-0.25, -0.2) is 0 Å². The van der Waals surface area contributed by atoms with E-state index < -0.39 is 24.7 Å². The molecule has 1 aromatic carbocycles. The van der Waals surface area contributed by atoms with Crippen molar-refractivity contribution in [3.05, 3.63) is 35.9 Å². The van der Waals surface area contributed by atoms with Crippen molar-refractivity contribution in [2.24, 2.45) is 0 Å². The first-order valence-corrected chi connectivity index (χ1v) is 18.5. The molecule has 0 aromatic heterocycles. The first-order chi connectivity index (χ1) is 14.5. The molecule has 0 spiro atoms. The number of unbranched alkanes of at least 4 members (excludes halogenated alkanes) is 3. The fourth-order valence-corrected chi connectivity index (χ4v) is 16.5. The van der Waals surface area contributed by atoms with Crippen LogP contribution in [0.5, 0.6) is 0 Å². The van der Waals surface area contributed by atoms with Crippen molar-refractivity contribution in [2.75, 3.05) is 13.1 Å². The molecule has 0 bridgehead atoms. The van der Waals surface area contributed by atoms with Gasteiger partial charge in [-0.15, -0.1) is 0 Å². The van der Waals surface area contributed by atoms with Crippen LogP contribution in [0.1, 0.15) is 69.7 Å². The molecule has 0 saturated carbocycles. The zero-order chi connectivity index (χ0) is 22.2. The normalized spacial score (nSPS) is 11.0. The van der Waals surface area contributed by atoms with E-state index in [0.29, 0.717) is 5.56 Å². The molecule has 0 aliphatic heterocycles. The van der Waals surface area contributed by atoms with Gasteiger partial charge in [0.25, 0.3) is 0 Å². The van der Waals surface area contributed by atoms with E-state index in [2.05, 4.69) is 31.4 Å². The summed E-state index contributed by atoms with van der Waals surface area (Å²) in [5.41, 5.74) is 0.492. The van der Waals surface area contributed by atoms with Crippen molar-refractivity contribution in [3.63, 3.8) is 0 Å². The van der Waals surface area contributed by atoms with Crippen LogP contribution in [0.25, 0.3) is 0 Å². The SMILES string of the molecule is CCC[CH2][Sn]([CH2]CCC)([CH2]CCC)[O]C(=O)CNC(=O)CNC(=O)c1ccccc1. The number of amides is 2. The zero-order valence-electron chi connectivity index (χ0n) is 18.8. The molecule has 0 aliphatic rings. The summed E-state index contributed by atoms with van der Waals surface area (Å²) in [6.45, 7) is 6.20. The third-order valence-corrected chi connectivity index (χ3v) is 17.9. The first kappa shape index (κ1) is 26.5. The Kier molecular flexibility index (Phi) is 13.5. The summed E-state index contributed by atoms with van der Waals surface area (Å²) in [5, 5.41) is 5.15. The molecule has 2 N–H and O–H groups in total. The Morgan fingerprint density at radius 1 is 0.800 bits per heavy atom. The molecule has 0 fully saturated rings. The third kappa shape index (κ3) is 10.5. The number of hydrogen-bond donors (Lipinski definition) is 2. The third-order valence-electron chi connectivity index (χ3n) is 5.16. The summed E-state index contributed by atoms with van der Waals surface area (Å²) in [6.07, 6.45) is 6.63. The summed E-state index contributed by atoms with van der Waals surface area (Å²) in [4.78, 5) is 36.6. The topological polar surface area (TPSA) is 84.5 Å². The minimum atomic E-state index is -3.02. The van der Waals surface area contributed by atoms with Gasteiger partial charge in [-0.05, 0) is 0 Å². The Labute approximate surface area is 185 Å². The fourth-order valence-electron chi connectivity index (χ4n) is 3.39. The number of benzene rings is 1. The molecule has 30 heavy (non-hydrogen) atoms. The summed E-state index contributed by atoms with van der Waals surface area (Å²) in [5.74, 6) is -1.04. The maximum atomic E-state index is 12.5. The average Bonchev–Trinajstić information content (AvgIpc) is 2.77. The zero-order valence-corrected chi connectivity index (χ0v) is 21.7. The molecular weight excluding hydrogens is 487 g/mol.